The van der Waals surface area contributed by atoms with Crippen LogP contribution in [-0.4, -0.2) is 22.5 Å². The smallest absolute Gasteiger partial charge is 0.307 e. The first-order valence-corrected chi connectivity index (χ1v) is 5.51. The van der Waals surface area contributed by atoms with Gasteiger partial charge < -0.3 is 10.4 Å². The number of nitro benzene ring substituents is 1. The maximum absolute atomic E-state index is 13.3. The van der Waals surface area contributed by atoms with Crippen LogP contribution in [0.5, 0.6) is 0 Å². The first-order valence-electron chi connectivity index (χ1n) is 5.51. The molecule has 0 amide bonds. The van der Waals surface area contributed by atoms with Crippen molar-refractivity contribution in [2.75, 3.05) is 11.9 Å². The number of nitrogens with one attached hydrogen (secondary N) is 1. The molecule has 19 heavy (non-hydrogen) atoms. The number of nitro groups is 1. The van der Waals surface area contributed by atoms with Crippen LogP contribution in [0.2, 0.25) is 0 Å². The van der Waals surface area contributed by atoms with E-state index in [1.807, 2.05) is 0 Å². The molecule has 1 aromatic carbocycles. The lowest BCUT2D eigenvalue weighted by molar-refractivity contribution is -0.387. The van der Waals surface area contributed by atoms with E-state index in [-0.39, 0.29) is 18.7 Å². The van der Waals surface area contributed by atoms with Gasteiger partial charge in [0.15, 0.2) is 0 Å². The largest absolute Gasteiger partial charge is 0.481 e. The minimum Gasteiger partial charge on any atom is -0.481 e. The van der Waals surface area contributed by atoms with E-state index in [4.69, 9.17) is 5.11 Å². The SMILES string of the molecule is O=C(O)CCCCNc1cc([N+](=O)[O-])c(F)cc1F. The lowest BCUT2D eigenvalue weighted by Gasteiger charge is -2.07. The zero-order valence-corrected chi connectivity index (χ0v) is 9.86. The fraction of sp³-hybridized carbons (Fsp3) is 0.364. The van der Waals surface area contributed by atoms with Crippen molar-refractivity contribution in [3.63, 3.8) is 0 Å². The maximum Gasteiger partial charge on any atom is 0.307 e. The van der Waals surface area contributed by atoms with Crippen LogP contribution in [0.4, 0.5) is 20.2 Å². The van der Waals surface area contributed by atoms with E-state index in [1.165, 1.54) is 0 Å². The number of halogens is 2. The van der Waals surface area contributed by atoms with Crippen LogP contribution >= 0.6 is 0 Å². The van der Waals surface area contributed by atoms with Gasteiger partial charge in [-0.05, 0) is 12.8 Å². The molecular formula is C11H12F2N2O4. The Morgan fingerprint density at radius 1 is 1.32 bits per heavy atom. The molecule has 1 aromatic rings. The van der Waals surface area contributed by atoms with E-state index in [9.17, 15) is 23.7 Å². The molecule has 0 aliphatic heterocycles. The van der Waals surface area contributed by atoms with Crippen molar-refractivity contribution in [2.45, 2.75) is 19.3 Å². The summed E-state index contributed by atoms with van der Waals surface area (Å²) in [6, 6.07) is 1.22. The van der Waals surface area contributed by atoms with E-state index in [0.29, 0.717) is 18.9 Å². The Labute approximate surface area is 107 Å². The van der Waals surface area contributed by atoms with Crippen molar-refractivity contribution in [2.24, 2.45) is 0 Å². The Bertz CT molecular complexity index is 494. The van der Waals surface area contributed by atoms with Crippen molar-refractivity contribution < 1.29 is 23.6 Å². The third-order valence-corrected chi connectivity index (χ3v) is 2.37. The van der Waals surface area contributed by atoms with Gasteiger partial charge in [-0.2, -0.15) is 4.39 Å². The quantitative estimate of drug-likeness (QED) is 0.453. The summed E-state index contributed by atoms with van der Waals surface area (Å²) in [5, 5.41) is 21.5. The molecule has 0 aliphatic rings. The zero-order valence-electron chi connectivity index (χ0n) is 9.86. The number of anilines is 1. The topological polar surface area (TPSA) is 92.5 Å². The first kappa shape index (κ1) is 14.8. The van der Waals surface area contributed by atoms with Crippen molar-refractivity contribution in [3.8, 4) is 0 Å². The average molecular weight is 274 g/mol. The van der Waals surface area contributed by atoms with Gasteiger partial charge in [0.2, 0.25) is 5.82 Å². The molecule has 6 nitrogen and oxygen atoms in total. The predicted molar refractivity (Wildman–Crippen MR) is 63.0 cm³/mol. The number of hydrogen-bond acceptors (Lipinski definition) is 4. The number of carboxylic acid groups (broad SMARTS) is 1. The summed E-state index contributed by atoms with van der Waals surface area (Å²) in [4.78, 5) is 19.8. The normalized spacial score (nSPS) is 10.2. The summed E-state index contributed by atoms with van der Waals surface area (Å²) in [5.74, 6) is -3.09. The van der Waals surface area contributed by atoms with Crippen LogP contribution in [0.15, 0.2) is 12.1 Å². The Morgan fingerprint density at radius 3 is 2.58 bits per heavy atom. The highest BCUT2D eigenvalue weighted by Gasteiger charge is 2.18. The molecular weight excluding hydrogens is 262 g/mol. The predicted octanol–water partition coefficient (Wildman–Crippen LogP) is 2.54. The van der Waals surface area contributed by atoms with Crippen molar-refractivity contribution in [1.29, 1.82) is 0 Å². The third kappa shape index (κ3) is 4.49. The van der Waals surface area contributed by atoms with Gasteiger partial charge in [-0.3, -0.25) is 14.9 Å². The number of carboxylic acids is 1. The van der Waals surface area contributed by atoms with E-state index in [2.05, 4.69) is 5.32 Å². The first-order chi connectivity index (χ1) is 8.91. The van der Waals surface area contributed by atoms with Gasteiger partial charge in [0.1, 0.15) is 5.82 Å². The Morgan fingerprint density at radius 2 is 2.00 bits per heavy atom. The number of hydrogen-bond donors (Lipinski definition) is 2. The standard InChI is InChI=1S/C11H12F2N2O4/c12-7-5-8(13)10(15(18)19)6-9(7)14-4-2-1-3-11(16)17/h5-6,14H,1-4H2,(H,16,17). The third-order valence-electron chi connectivity index (χ3n) is 2.37. The highest BCUT2D eigenvalue weighted by Crippen LogP contribution is 2.25. The average Bonchev–Trinajstić information content (AvgIpc) is 2.30. The van der Waals surface area contributed by atoms with Crippen LogP contribution in [-0.2, 0) is 4.79 Å². The highest BCUT2D eigenvalue weighted by atomic mass is 19.1. The van der Waals surface area contributed by atoms with Gasteiger partial charge in [-0.1, -0.05) is 0 Å². The number of unbranched alkanes of at least 4 members (excludes halogenated alkanes) is 1. The van der Waals surface area contributed by atoms with Gasteiger partial charge in [-0.15, -0.1) is 0 Å². The maximum atomic E-state index is 13.3. The molecule has 0 saturated heterocycles. The second-order valence-electron chi connectivity index (χ2n) is 3.82. The van der Waals surface area contributed by atoms with Crippen LogP contribution < -0.4 is 5.32 Å². The number of benzene rings is 1. The second-order valence-corrected chi connectivity index (χ2v) is 3.82. The molecule has 0 unspecified atom stereocenters. The fourth-order valence-corrected chi connectivity index (χ4v) is 1.44. The van der Waals surface area contributed by atoms with Gasteiger partial charge in [0.25, 0.3) is 0 Å². The monoisotopic (exact) mass is 274 g/mol. The molecule has 0 heterocycles. The van der Waals surface area contributed by atoms with Gasteiger partial charge in [0.05, 0.1) is 10.6 Å². The van der Waals surface area contributed by atoms with E-state index < -0.39 is 28.2 Å². The summed E-state index contributed by atoms with van der Waals surface area (Å²) in [7, 11) is 0. The fourth-order valence-electron chi connectivity index (χ4n) is 1.44. The van der Waals surface area contributed by atoms with Crippen LogP contribution in [0.25, 0.3) is 0 Å². The summed E-state index contributed by atoms with van der Waals surface area (Å²) in [5.41, 5.74) is -0.988. The van der Waals surface area contributed by atoms with Crippen molar-refractivity contribution in [1.82, 2.24) is 0 Å². The molecule has 0 aromatic heterocycles. The number of rotatable bonds is 7. The molecule has 0 saturated carbocycles. The molecule has 0 fully saturated rings. The van der Waals surface area contributed by atoms with Crippen LogP contribution in [0.1, 0.15) is 19.3 Å². The Hall–Kier alpha value is -2.25. The molecule has 0 radical (unpaired) electrons. The Kier molecular flexibility index (Phi) is 5.16. The lowest BCUT2D eigenvalue weighted by atomic mass is 10.2. The summed E-state index contributed by atoms with van der Waals surface area (Å²) in [6.07, 6.45) is 0.845. The van der Waals surface area contributed by atoms with Gasteiger partial charge in [-0.25, -0.2) is 4.39 Å². The summed E-state index contributed by atoms with van der Waals surface area (Å²) < 4.78 is 26.4. The number of aliphatic carboxylic acids is 1. The number of carbonyl (C=O) groups is 1. The van der Waals surface area contributed by atoms with E-state index in [0.717, 1.165) is 6.07 Å². The Balaban J connectivity index is 2.60. The molecule has 0 bridgehead atoms. The molecule has 8 heteroatoms. The molecule has 1 rings (SSSR count). The summed E-state index contributed by atoms with van der Waals surface area (Å²) in [6.45, 7) is 0.243. The van der Waals surface area contributed by atoms with Crippen molar-refractivity contribution >= 4 is 17.3 Å². The zero-order chi connectivity index (χ0) is 14.4. The van der Waals surface area contributed by atoms with Gasteiger partial charge >= 0.3 is 11.7 Å². The second kappa shape index (κ2) is 6.62. The van der Waals surface area contributed by atoms with Gasteiger partial charge in [0, 0.05) is 25.1 Å². The van der Waals surface area contributed by atoms with E-state index >= 15 is 0 Å². The molecule has 2 N–H and O–H groups in total. The molecule has 104 valence electrons. The lowest BCUT2D eigenvalue weighted by Crippen LogP contribution is -2.06. The van der Waals surface area contributed by atoms with Crippen molar-refractivity contribution in [3.05, 3.63) is 33.9 Å². The molecule has 0 aliphatic carbocycles. The van der Waals surface area contributed by atoms with E-state index in [1.54, 1.807) is 0 Å². The molecule has 0 spiro atoms. The number of nitrogens with zero attached hydrogens (tertiary/aromatic N) is 1. The van der Waals surface area contributed by atoms with Crippen LogP contribution in [0, 0.1) is 21.7 Å². The minimum atomic E-state index is -1.24. The molecule has 0 atom stereocenters. The summed E-state index contributed by atoms with van der Waals surface area (Å²) >= 11 is 0. The van der Waals surface area contributed by atoms with Crippen LogP contribution in [0.3, 0.4) is 0 Å². The highest BCUT2D eigenvalue weighted by molar-refractivity contribution is 5.66. The minimum absolute atomic E-state index is 0.00622.